The molecule has 0 saturated heterocycles. The third kappa shape index (κ3) is 5.13. The molecule has 2 aromatic heterocycles. The van der Waals surface area contributed by atoms with Crippen LogP contribution >= 0.6 is 0 Å². The normalized spacial score (nSPS) is 11.6. The van der Waals surface area contributed by atoms with E-state index in [1.165, 1.54) is 21.9 Å². The quantitative estimate of drug-likeness (QED) is 0.173. The second-order valence-corrected chi connectivity index (χ2v) is 14.0. The zero-order chi connectivity index (χ0) is 36.3. The van der Waals surface area contributed by atoms with Gasteiger partial charge in [0.2, 0.25) is 0 Å². The number of para-hydroxylation sites is 3. The number of anilines is 3. The Hall–Kier alpha value is -7.36. The first-order valence-electron chi connectivity index (χ1n) is 18.7. The van der Waals surface area contributed by atoms with Crippen LogP contribution in [0.4, 0.5) is 17.1 Å². The molecule has 9 aromatic carbocycles. The van der Waals surface area contributed by atoms with Crippen molar-refractivity contribution in [3.8, 4) is 33.4 Å². The van der Waals surface area contributed by atoms with Crippen LogP contribution in [0.2, 0.25) is 0 Å². The fourth-order valence-corrected chi connectivity index (χ4v) is 8.27. The van der Waals surface area contributed by atoms with Gasteiger partial charge in [0.05, 0.1) is 5.69 Å². The average molecular weight is 704 g/mol. The van der Waals surface area contributed by atoms with Crippen LogP contribution in [0.3, 0.4) is 0 Å². The molecule has 0 spiro atoms. The second-order valence-electron chi connectivity index (χ2n) is 14.0. The van der Waals surface area contributed by atoms with E-state index in [9.17, 15) is 0 Å². The van der Waals surface area contributed by atoms with Gasteiger partial charge in [-0.25, -0.2) is 0 Å². The summed E-state index contributed by atoms with van der Waals surface area (Å²) < 4.78 is 13.5. The summed E-state index contributed by atoms with van der Waals surface area (Å²) in [4.78, 5) is 2.31. The highest BCUT2D eigenvalue weighted by Gasteiger charge is 2.23. The van der Waals surface area contributed by atoms with E-state index in [1.54, 1.807) is 0 Å². The van der Waals surface area contributed by atoms with Crippen molar-refractivity contribution in [3.05, 3.63) is 200 Å². The number of hydrogen-bond donors (Lipinski definition) is 0. The van der Waals surface area contributed by atoms with E-state index in [1.807, 2.05) is 12.1 Å². The van der Waals surface area contributed by atoms with E-state index in [4.69, 9.17) is 8.83 Å². The molecular weight excluding hydrogens is 671 g/mol. The van der Waals surface area contributed by atoms with Gasteiger partial charge in [-0.3, -0.25) is 0 Å². The molecule has 0 bridgehead atoms. The third-order valence-electron chi connectivity index (χ3n) is 10.9. The minimum Gasteiger partial charge on any atom is -0.455 e. The Morgan fingerprint density at radius 2 is 0.891 bits per heavy atom. The van der Waals surface area contributed by atoms with Gasteiger partial charge in [-0.1, -0.05) is 158 Å². The second kappa shape index (κ2) is 12.6. The van der Waals surface area contributed by atoms with Gasteiger partial charge < -0.3 is 13.7 Å². The number of hydrogen-bond acceptors (Lipinski definition) is 3. The Morgan fingerprint density at radius 1 is 0.327 bits per heavy atom. The number of rotatable bonds is 6. The molecule has 0 N–H and O–H groups in total. The molecule has 258 valence electrons. The van der Waals surface area contributed by atoms with E-state index >= 15 is 0 Å². The van der Waals surface area contributed by atoms with E-state index in [-0.39, 0.29) is 0 Å². The molecule has 0 amide bonds. The van der Waals surface area contributed by atoms with E-state index in [0.717, 1.165) is 83.2 Å². The summed E-state index contributed by atoms with van der Waals surface area (Å²) in [5, 5.41) is 6.82. The first-order valence-corrected chi connectivity index (χ1v) is 18.7. The van der Waals surface area contributed by atoms with Gasteiger partial charge in [0.1, 0.15) is 16.7 Å². The lowest BCUT2D eigenvalue weighted by Crippen LogP contribution is -2.10. The highest BCUT2D eigenvalue weighted by molar-refractivity contribution is 6.24. The molecule has 0 atom stereocenters. The Morgan fingerprint density at radius 3 is 1.65 bits per heavy atom. The standard InChI is InChI=1S/C52H33NO2/c1-3-13-34(14-4-1)35-25-29-39(30-26-35)53(40-31-27-37(28-32-40)42-20-11-21-44-43-19-9-10-24-48(43)54-50(42)44)47-23-12-22-45-49-41-18-8-7-17-38(41)33-46(52(49)55-51(45)47)36-15-5-2-6-16-36/h1-33H. The highest BCUT2D eigenvalue weighted by atomic mass is 16.3. The Labute approximate surface area is 317 Å². The van der Waals surface area contributed by atoms with Gasteiger partial charge in [0.25, 0.3) is 0 Å². The van der Waals surface area contributed by atoms with Crippen molar-refractivity contribution < 1.29 is 8.83 Å². The van der Waals surface area contributed by atoms with Crippen molar-refractivity contribution in [2.45, 2.75) is 0 Å². The van der Waals surface area contributed by atoms with Crippen LogP contribution < -0.4 is 4.90 Å². The van der Waals surface area contributed by atoms with Crippen molar-refractivity contribution >= 4 is 71.7 Å². The SMILES string of the molecule is c1ccc(-c2ccc(N(c3ccc(-c4cccc5c4oc4ccccc45)cc3)c3cccc4c3oc3c(-c5ccccc5)cc5ccccc5c34)cc2)cc1. The molecule has 11 rings (SSSR count). The van der Waals surface area contributed by atoms with Crippen LogP contribution in [0.1, 0.15) is 0 Å². The van der Waals surface area contributed by atoms with Crippen LogP contribution in [-0.2, 0) is 0 Å². The third-order valence-corrected chi connectivity index (χ3v) is 10.9. The predicted octanol–water partition coefficient (Wildman–Crippen LogP) is 15.1. The first-order chi connectivity index (χ1) is 27.3. The van der Waals surface area contributed by atoms with Crippen LogP contribution in [-0.4, -0.2) is 0 Å². The molecule has 0 fully saturated rings. The maximum Gasteiger partial charge on any atom is 0.159 e. The van der Waals surface area contributed by atoms with Crippen LogP contribution in [0.15, 0.2) is 209 Å². The van der Waals surface area contributed by atoms with Crippen LogP contribution in [0.25, 0.3) is 88.0 Å². The summed E-state index contributed by atoms with van der Waals surface area (Å²) in [6.45, 7) is 0. The van der Waals surface area contributed by atoms with Gasteiger partial charge in [-0.15, -0.1) is 0 Å². The largest absolute Gasteiger partial charge is 0.455 e. The molecule has 0 saturated carbocycles. The molecule has 0 unspecified atom stereocenters. The van der Waals surface area contributed by atoms with Crippen molar-refractivity contribution in [1.82, 2.24) is 0 Å². The smallest absolute Gasteiger partial charge is 0.159 e. The minimum atomic E-state index is 0.842. The fourth-order valence-electron chi connectivity index (χ4n) is 8.27. The van der Waals surface area contributed by atoms with Gasteiger partial charge in [0, 0.05) is 44.0 Å². The van der Waals surface area contributed by atoms with Gasteiger partial charge >= 0.3 is 0 Å². The maximum atomic E-state index is 7.11. The van der Waals surface area contributed by atoms with Gasteiger partial charge in [0.15, 0.2) is 5.58 Å². The molecule has 11 aromatic rings. The molecule has 0 aliphatic rings. The van der Waals surface area contributed by atoms with Crippen molar-refractivity contribution in [2.75, 3.05) is 4.90 Å². The van der Waals surface area contributed by atoms with Crippen molar-refractivity contribution in [3.63, 3.8) is 0 Å². The van der Waals surface area contributed by atoms with Crippen LogP contribution in [0.5, 0.6) is 0 Å². The molecule has 3 nitrogen and oxygen atoms in total. The van der Waals surface area contributed by atoms with E-state index in [2.05, 4.69) is 193 Å². The summed E-state index contributed by atoms with van der Waals surface area (Å²) in [5.74, 6) is 0. The molecular formula is C52H33NO2. The highest BCUT2D eigenvalue weighted by Crippen LogP contribution is 2.47. The van der Waals surface area contributed by atoms with Crippen LogP contribution in [0, 0.1) is 0 Å². The molecule has 0 aliphatic carbocycles. The van der Waals surface area contributed by atoms with Gasteiger partial charge in [-0.05, 0) is 75.5 Å². The van der Waals surface area contributed by atoms with Crippen molar-refractivity contribution in [1.29, 1.82) is 0 Å². The van der Waals surface area contributed by atoms with E-state index < -0.39 is 0 Å². The number of benzene rings is 9. The Kier molecular flexibility index (Phi) is 7.17. The lowest BCUT2D eigenvalue weighted by molar-refractivity contribution is 0.670. The zero-order valence-electron chi connectivity index (χ0n) is 29.8. The topological polar surface area (TPSA) is 29.5 Å². The summed E-state index contributed by atoms with van der Waals surface area (Å²) in [6, 6.07) is 70.7. The number of furan rings is 2. The first kappa shape index (κ1) is 31.2. The molecule has 0 aliphatic heterocycles. The van der Waals surface area contributed by atoms with E-state index in [0.29, 0.717) is 0 Å². The van der Waals surface area contributed by atoms with Gasteiger partial charge in [-0.2, -0.15) is 0 Å². The minimum absolute atomic E-state index is 0.842. The molecule has 0 radical (unpaired) electrons. The molecule has 55 heavy (non-hydrogen) atoms. The summed E-state index contributed by atoms with van der Waals surface area (Å²) >= 11 is 0. The monoisotopic (exact) mass is 703 g/mol. The Bertz CT molecular complexity index is 3180. The molecule has 2 heterocycles. The number of fused-ring (bicyclic) bond motifs is 8. The average Bonchev–Trinajstić information content (AvgIpc) is 3.85. The fraction of sp³-hybridized carbons (Fsp3) is 0. The Balaban J connectivity index is 1.12. The predicted molar refractivity (Wildman–Crippen MR) is 229 cm³/mol. The zero-order valence-corrected chi connectivity index (χ0v) is 29.8. The van der Waals surface area contributed by atoms with Crippen molar-refractivity contribution in [2.24, 2.45) is 0 Å². The lowest BCUT2D eigenvalue weighted by Gasteiger charge is -2.26. The summed E-state index contributed by atoms with van der Waals surface area (Å²) in [6.07, 6.45) is 0. The summed E-state index contributed by atoms with van der Waals surface area (Å²) in [7, 11) is 0. The molecule has 3 heteroatoms. The number of nitrogens with zero attached hydrogens (tertiary/aromatic N) is 1. The maximum absolute atomic E-state index is 7.11. The summed E-state index contributed by atoms with van der Waals surface area (Å²) in [5.41, 5.74) is 13.3. The lowest BCUT2D eigenvalue weighted by atomic mass is 9.96.